The van der Waals surface area contributed by atoms with Gasteiger partial charge in [0.2, 0.25) is 0 Å². The van der Waals surface area contributed by atoms with Crippen LogP contribution in [0.15, 0.2) is 46.3 Å². The summed E-state index contributed by atoms with van der Waals surface area (Å²) in [5.74, 6) is 0.681. The van der Waals surface area contributed by atoms with Crippen LogP contribution in [0.1, 0.15) is 43.2 Å². The van der Waals surface area contributed by atoms with Crippen molar-refractivity contribution in [3.63, 3.8) is 0 Å². The molecular formula is C17H22BrNS. The third-order valence-corrected chi connectivity index (χ3v) is 5.49. The van der Waals surface area contributed by atoms with E-state index in [2.05, 4.69) is 76.9 Å². The molecule has 20 heavy (non-hydrogen) atoms. The lowest BCUT2D eigenvalue weighted by Crippen LogP contribution is -2.27. The van der Waals surface area contributed by atoms with Crippen LogP contribution < -0.4 is 5.32 Å². The van der Waals surface area contributed by atoms with E-state index in [-0.39, 0.29) is 0 Å². The van der Waals surface area contributed by atoms with Gasteiger partial charge in [-0.15, -0.1) is 11.3 Å². The molecule has 1 N–H and O–H groups in total. The van der Waals surface area contributed by atoms with Crippen LogP contribution in [0, 0.1) is 5.92 Å². The van der Waals surface area contributed by atoms with Gasteiger partial charge >= 0.3 is 0 Å². The lowest BCUT2D eigenvalue weighted by molar-refractivity contribution is 0.340. The molecule has 1 aromatic carbocycles. The van der Waals surface area contributed by atoms with Gasteiger partial charge in [0, 0.05) is 27.3 Å². The van der Waals surface area contributed by atoms with Crippen molar-refractivity contribution >= 4 is 27.3 Å². The third-order valence-electron chi connectivity index (χ3n) is 3.80. The van der Waals surface area contributed by atoms with Crippen LogP contribution in [0.4, 0.5) is 0 Å². The van der Waals surface area contributed by atoms with Gasteiger partial charge in [-0.2, -0.15) is 0 Å². The zero-order valence-corrected chi connectivity index (χ0v) is 14.5. The Morgan fingerprint density at radius 2 is 1.85 bits per heavy atom. The van der Waals surface area contributed by atoms with Crippen LogP contribution in [0.3, 0.4) is 0 Å². The summed E-state index contributed by atoms with van der Waals surface area (Å²) in [7, 11) is 0. The molecule has 0 amide bonds. The second kappa shape index (κ2) is 7.96. The van der Waals surface area contributed by atoms with Crippen molar-refractivity contribution in [3.8, 4) is 0 Å². The molecule has 1 aromatic heterocycles. The third kappa shape index (κ3) is 4.18. The highest BCUT2D eigenvalue weighted by molar-refractivity contribution is 9.10. The van der Waals surface area contributed by atoms with Crippen LogP contribution in [-0.2, 0) is 6.54 Å². The predicted molar refractivity (Wildman–Crippen MR) is 92.1 cm³/mol. The van der Waals surface area contributed by atoms with Crippen molar-refractivity contribution in [1.82, 2.24) is 5.32 Å². The van der Waals surface area contributed by atoms with E-state index in [4.69, 9.17) is 0 Å². The highest BCUT2D eigenvalue weighted by Gasteiger charge is 2.19. The Morgan fingerprint density at radius 1 is 1.15 bits per heavy atom. The van der Waals surface area contributed by atoms with Gasteiger partial charge in [0.05, 0.1) is 0 Å². The molecule has 108 valence electrons. The Kier molecular flexibility index (Phi) is 6.27. The normalized spacial score (nSPS) is 12.8. The second-order valence-electron chi connectivity index (χ2n) is 5.08. The molecule has 1 nitrogen and oxygen atoms in total. The van der Waals surface area contributed by atoms with E-state index in [9.17, 15) is 0 Å². The monoisotopic (exact) mass is 351 g/mol. The van der Waals surface area contributed by atoms with Crippen LogP contribution in [0.5, 0.6) is 0 Å². The number of hydrogen-bond acceptors (Lipinski definition) is 2. The Hall–Kier alpha value is -0.640. The summed E-state index contributed by atoms with van der Waals surface area (Å²) in [6, 6.07) is 13.5. The standard InChI is InChI=1S/C17H22BrNS/c1-3-13(4-2)17(14-8-6-5-7-9-14)19-11-16-10-15(18)12-20-16/h5-10,12-13,17,19H,3-4,11H2,1-2H3. The van der Waals surface area contributed by atoms with Crippen molar-refractivity contribution in [3.05, 3.63) is 56.7 Å². The molecular weight excluding hydrogens is 330 g/mol. The minimum absolute atomic E-state index is 0.437. The SMILES string of the molecule is CCC(CC)C(NCc1cc(Br)cs1)c1ccccc1. The topological polar surface area (TPSA) is 12.0 Å². The van der Waals surface area contributed by atoms with E-state index in [1.807, 2.05) is 0 Å². The molecule has 3 heteroatoms. The molecule has 0 spiro atoms. The Balaban J connectivity index is 2.10. The van der Waals surface area contributed by atoms with Crippen molar-refractivity contribution in [1.29, 1.82) is 0 Å². The average Bonchev–Trinajstić information content (AvgIpc) is 2.90. The molecule has 0 fully saturated rings. The second-order valence-corrected chi connectivity index (χ2v) is 6.99. The molecule has 2 rings (SSSR count). The van der Waals surface area contributed by atoms with E-state index in [0.29, 0.717) is 12.0 Å². The summed E-state index contributed by atoms with van der Waals surface area (Å²) in [5, 5.41) is 5.90. The zero-order chi connectivity index (χ0) is 14.4. The molecule has 0 saturated carbocycles. The van der Waals surface area contributed by atoms with Gasteiger partial charge in [0.1, 0.15) is 0 Å². The minimum Gasteiger partial charge on any atom is -0.305 e. The fourth-order valence-electron chi connectivity index (χ4n) is 2.63. The summed E-state index contributed by atoms with van der Waals surface area (Å²) < 4.78 is 1.18. The smallest absolute Gasteiger partial charge is 0.0351 e. The molecule has 0 aliphatic heterocycles. The first-order valence-electron chi connectivity index (χ1n) is 7.25. The molecule has 1 heterocycles. The summed E-state index contributed by atoms with van der Waals surface area (Å²) in [6.45, 7) is 5.51. The van der Waals surface area contributed by atoms with Crippen molar-refractivity contribution < 1.29 is 0 Å². The molecule has 0 aliphatic carbocycles. The van der Waals surface area contributed by atoms with Gasteiger partial charge in [0.15, 0.2) is 0 Å². The van der Waals surface area contributed by atoms with Crippen molar-refractivity contribution in [2.24, 2.45) is 5.92 Å². The Bertz CT molecular complexity index is 505. The van der Waals surface area contributed by atoms with Gasteiger partial charge in [-0.05, 0) is 33.5 Å². The fraction of sp³-hybridized carbons (Fsp3) is 0.412. The van der Waals surface area contributed by atoms with Crippen LogP contribution >= 0.6 is 27.3 Å². The molecule has 0 bridgehead atoms. The lowest BCUT2D eigenvalue weighted by Gasteiger charge is -2.27. The zero-order valence-electron chi connectivity index (χ0n) is 12.1. The predicted octanol–water partition coefficient (Wildman–Crippen LogP) is 5.78. The summed E-state index contributed by atoms with van der Waals surface area (Å²) in [4.78, 5) is 1.38. The number of hydrogen-bond donors (Lipinski definition) is 1. The van der Waals surface area contributed by atoms with Gasteiger partial charge in [-0.25, -0.2) is 0 Å². The van der Waals surface area contributed by atoms with E-state index in [1.54, 1.807) is 11.3 Å². The molecule has 1 unspecified atom stereocenters. The highest BCUT2D eigenvalue weighted by Crippen LogP contribution is 2.28. The molecule has 0 saturated heterocycles. The summed E-state index contributed by atoms with van der Waals surface area (Å²) >= 11 is 5.33. The average molecular weight is 352 g/mol. The van der Waals surface area contributed by atoms with E-state index in [0.717, 1.165) is 6.54 Å². The molecule has 0 aliphatic rings. The molecule has 1 atom stereocenters. The first-order chi connectivity index (χ1) is 9.74. The summed E-state index contributed by atoms with van der Waals surface area (Å²) in [5.41, 5.74) is 1.40. The first-order valence-corrected chi connectivity index (χ1v) is 8.93. The number of rotatable bonds is 7. The van der Waals surface area contributed by atoms with Crippen LogP contribution in [-0.4, -0.2) is 0 Å². The number of nitrogens with one attached hydrogen (secondary N) is 1. The lowest BCUT2D eigenvalue weighted by atomic mass is 9.89. The van der Waals surface area contributed by atoms with Crippen molar-refractivity contribution in [2.75, 3.05) is 0 Å². The fourth-order valence-corrected chi connectivity index (χ4v) is 4.04. The molecule has 0 radical (unpaired) electrons. The van der Waals surface area contributed by atoms with Gasteiger partial charge in [-0.3, -0.25) is 0 Å². The maximum absolute atomic E-state index is 3.76. The Labute approximate surface area is 134 Å². The largest absolute Gasteiger partial charge is 0.305 e. The van der Waals surface area contributed by atoms with Gasteiger partial charge < -0.3 is 5.32 Å². The first kappa shape index (κ1) is 15.7. The number of thiophene rings is 1. The van der Waals surface area contributed by atoms with E-state index >= 15 is 0 Å². The maximum atomic E-state index is 3.76. The molecule has 2 aromatic rings. The van der Waals surface area contributed by atoms with Gasteiger partial charge in [0.25, 0.3) is 0 Å². The highest BCUT2D eigenvalue weighted by atomic mass is 79.9. The van der Waals surface area contributed by atoms with Crippen molar-refractivity contribution in [2.45, 2.75) is 39.3 Å². The van der Waals surface area contributed by atoms with E-state index in [1.165, 1.54) is 27.8 Å². The number of halogens is 1. The van der Waals surface area contributed by atoms with E-state index < -0.39 is 0 Å². The Morgan fingerprint density at radius 3 is 2.40 bits per heavy atom. The van der Waals surface area contributed by atoms with Crippen LogP contribution in [0.25, 0.3) is 0 Å². The quantitative estimate of drug-likeness (QED) is 0.666. The van der Waals surface area contributed by atoms with Gasteiger partial charge in [-0.1, -0.05) is 57.0 Å². The summed E-state index contributed by atoms with van der Waals surface area (Å²) in [6.07, 6.45) is 2.41. The number of benzene rings is 1. The maximum Gasteiger partial charge on any atom is 0.0351 e. The minimum atomic E-state index is 0.437. The van der Waals surface area contributed by atoms with Crippen LogP contribution in [0.2, 0.25) is 0 Å².